The number of carbonyl (C=O) groups excluding carboxylic acids is 1. The molecule has 0 aliphatic carbocycles. The highest BCUT2D eigenvalue weighted by atomic mass is 32.2. The number of amides is 1. The lowest BCUT2D eigenvalue weighted by Gasteiger charge is -2.15. The van der Waals surface area contributed by atoms with Crippen molar-refractivity contribution in [1.82, 2.24) is 0 Å². The number of rotatable bonds is 6. The van der Waals surface area contributed by atoms with E-state index in [2.05, 4.69) is 30.3 Å². The molecule has 0 unspecified atom stereocenters. The maximum atomic E-state index is 13.1. The molecule has 1 heterocycles. The summed E-state index contributed by atoms with van der Waals surface area (Å²) in [5.41, 5.74) is 2.88. The molecular weight excluding hydrogens is 479 g/mol. The Balaban J connectivity index is 1.29. The van der Waals surface area contributed by atoms with Crippen molar-refractivity contribution < 1.29 is 9.53 Å². The van der Waals surface area contributed by atoms with E-state index in [1.807, 2.05) is 73.0 Å². The quantitative estimate of drug-likeness (QED) is 0.155. The van der Waals surface area contributed by atoms with E-state index < -0.39 is 0 Å². The first kappa shape index (κ1) is 22.7. The molecule has 6 heteroatoms. The van der Waals surface area contributed by atoms with E-state index in [4.69, 9.17) is 17.0 Å². The third-order valence-electron chi connectivity index (χ3n) is 5.56. The van der Waals surface area contributed by atoms with Gasteiger partial charge < -0.3 is 4.74 Å². The summed E-state index contributed by atoms with van der Waals surface area (Å²) in [5.74, 6) is 0.691. The van der Waals surface area contributed by atoms with Gasteiger partial charge in [-0.1, -0.05) is 84.6 Å². The van der Waals surface area contributed by atoms with Crippen LogP contribution in [0, 0.1) is 0 Å². The monoisotopic (exact) mass is 499 g/mol. The summed E-state index contributed by atoms with van der Waals surface area (Å²) < 4.78 is 6.58. The fourth-order valence-corrected chi connectivity index (χ4v) is 5.58. The van der Waals surface area contributed by atoms with Gasteiger partial charge in [0, 0.05) is 4.90 Å². The van der Waals surface area contributed by atoms with Crippen LogP contribution in [0.3, 0.4) is 0 Å². The number of nitrogens with zero attached hydrogens (tertiary/aromatic N) is 1. The Hall–Kier alpha value is -3.06. The van der Waals surface area contributed by atoms with Crippen molar-refractivity contribution in [3.8, 4) is 5.75 Å². The predicted octanol–water partition coefficient (Wildman–Crippen LogP) is 7.55. The van der Waals surface area contributed by atoms with E-state index >= 15 is 0 Å². The Labute approximate surface area is 212 Å². The number of thiocarbonyl (C=S) groups is 1. The number of hydrogen-bond acceptors (Lipinski definition) is 5. The van der Waals surface area contributed by atoms with Crippen LogP contribution >= 0.6 is 35.7 Å². The minimum atomic E-state index is -0.0930. The molecule has 1 saturated heterocycles. The summed E-state index contributed by atoms with van der Waals surface area (Å²) in [6.07, 6.45) is 3.89. The lowest BCUT2D eigenvalue weighted by atomic mass is 10.1. The van der Waals surface area contributed by atoms with Crippen molar-refractivity contribution in [1.29, 1.82) is 0 Å². The summed E-state index contributed by atoms with van der Waals surface area (Å²) in [7, 11) is 0. The maximum Gasteiger partial charge on any atom is 0.270 e. The number of thioether (sulfide) groups is 2. The standard InChI is InChI=1S/C28H21NO2S3/c1-33-24-10-5-9-22(17-24)29-27(30)26(34-28(29)32)16-19-12-14-23(15-13-19)31-18-21-8-4-7-20-6-2-3-11-25(20)21/h2-17H,18H2,1H3/b26-16+. The summed E-state index contributed by atoms with van der Waals surface area (Å²) in [4.78, 5) is 16.4. The molecule has 4 aromatic carbocycles. The van der Waals surface area contributed by atoms with Crippen LogP contribution in [-0.4, -0.2) is 16.5 Å². The minimum absolute atomic E-state index is 0.0930. The molecule has 0 aromatic heterocycles. The first-order valence-electron chi connectivity index (χ1n) is 10.7. The smallest absolute Gasteiger partial charge is 0.270 e. The molecule has 1 amide bonds. The molecule has 5 rings (SSSR count). The van der Waals surface area contributed by atoms with Gasteiger partial charge in [-0.3, -0.25) is 9.69 Å². The average Bonchev–Trinajstić information content (AvgIpc) is 3.15. The molecular formula is C28H21NO2S3. The lowest BCUT2D eigenvalue weighted by molar-refractivity contribution is -0.113. The van der Waals surface area contributed by atoms with E-state index in [1.165, 1.54) is 22.5 Å². The zero-order chi connectivity index (χ0) is 23.5. The fourth-order valence-electron chi connectivity index (χ4n) is 3.83. The summed E-state index contributed by atoms with van der Waals surface area (Å²) in [6.45, 7) is 0.495. The molecule has 3 nitrogen and oxygen atoms in total. The van der Waals surface area contributed by atoms with Crippen LogP contribution in [0.1, 0.15) is 11.1 Å². The zero-order valence-corrected chi connectivity index (χ0v) is 20.9. The van der Waals surface area contributed by atoms with Gasteiger partial charge in [0.05, 0.1) is 10.6 Å². The second-order valence-corrected chi connectivity index (χ2v) is 10.3. The maximum absolute atomic E-state index is 13.1. The largest absolute Gasteiger partial charge is 0.489 e. The van der Waals surface area contributed by atoms with Crippen molar-refractivity contribution in [2.24, 2.45) is 0 Å². The molecule has 34 heavy (non-hydrogen) atoms. The average molecular weight is 500 g/mol. The predicted molar refractivity (Wildman–Crippen MR) is 149 cm³/mol. The van der Waals surface area contributed by atoms with Gasteiger partial charge in [0.2, 0.25) is 0 Å². The molecule has 1 aliphatic rings. The Bertz CT molecular complexity index is 1410. The first-order chi connectivity index (χ1) is 16.6. The highest BCUT2D eigenvalue weighted by molar-refractivity contribution is 8.27. The van der Waals surface area contributed by atoms with Crippen LogP contribution < -0.4 is 9.64 Å². The van der Waals surface area contributed by atoms with Gasteiger partial charge in [-0.15, -0.1) is 11.8 Å². The summed E-state index contributed by atoms with van der Waals surface area (Å²) >= 11 is 8.47. The number of carbonyl (C=O) groups is 1. The van der Waals surface area contributed by atoms with Gasteiger partial charge in [0.15, 0.2) is 4.32 Å². The Morgan fingerprint density at radius 1 is 0.971 bits per heavy atom. The molecule has 1 aliphatic heterocycles. The Kier molecular flexibility index (Phi) is 6.72. The van der Waals surface area contributed by atoms with Crippen LogP contribution in [0.15, 0.2) is 101 Å². The lowest BCUT2D eigenvalue weighted by Crippen LogP contribution is -2.27. The normalized spacial score (nSPS) is 14.9. The van der Waals surface area contributed by atoms with Crippen LogP contribution in [0.5, 0.6) is 5.75 Å². The van der Waals surface area contributed by atoms with E-state index in [0.29, 0.717) is 15.8 Å². The number of hydrogen-bond donors (Lipinski definition) is 0. The van der Waals surface area contributed by atoms with Crippen LogP contribution in [-0.2, 0) is 11.4 Å². The molecule has 0 N–H and O–H groups in total. The first-order valence-corrected chi connectivity index (χ1v) is 13.2. The van der Waals surface area contributed by atoms with Gasteiger partial charge in [0.1, 0.15) is 12.4 Å². The zero-order valence-electron chi connectivity index (χ0n) is 18.4. The van der Waals surface area contributed by atoms with Crippen LogP contribution in [0.2, 0.25) is 0 Å². The van der Waals surface area contributed by atoms with Crippen molar-refractivity contribution in [3.05, 3.63) is 107 Å². The van der Waals surface area contributed by atoms with E-state index in [0.717, 1.165) is 27.5 Å². The molecule has 4 aromatic rings. The van der Waals surface area contributed by atoms with Gasteiger partial charge in [-0.25, -0.2) is 0 Å². The Morgan fingerprint density at radius 3 is 2.56 bits per heavy atom. The molecule has 0 atom stereocenters. The number of anilines is 1. The van der Waals surface area contributed by atoms with Crippen molar-refractivity contribution in [3.63, 3.8) is 0 Å². The molecule has 0 bridgehead atoms. The minimum Gasteiger partial charge on any atom is -0.489 e. The van der Waals surface area contributed by atoms with Crippen LogP contribution in [0.25, 0.3) is 16.8 Å². The van der Waals surface area contributed by atoms with Crippen molar-refractivity contribution >= 4 is 68.5 Å². The molecule has 1 fully saturated rings. The molecule has 168 valence electrons. The van der Waals surface area contributed by atoms with Gasteiger partial charge in [0.25, 0.3) is 5.91 Å². The third-order valence-corrected chi connectivity index (χ3v) is 7.58. The number of fused-ring (bicyclic) bond motifs is 1. The third kappa shape index (κ3) is 4.75. The van der Waals surface area contributed by atoms with Gasteiger partial charge >= 0.3 is 0 Å². The van der Waals surface area contributed by atoms with Crippen molar-refractivity contribution in [2.75, 3.05) is 11.2 Å². The van der Waals surface area contributed by atoms with E-state index in [-0.39, 0.29) is 5.91 Å². The van der Waals surface area contributed by atoms with E-state index in [1.54, 1.807) is 16.7 Å². The van der Waals surface area contributed by atoms with E-state index in [9.17, 15) is 4.79 Å². The summed E-state index contributed by atoms with van der Waals surface area (Å²) in [5, 5.41) is 2.41. The summed E-state index contributed by atoms with van der Waals surface area (Å²) in [6, 6.07) is 30.2. The van der Waals surface area contributed by atoms with Gasteiger partial charge in [-0.05, 0) is 64.6 Å². The highest BCUT2D eigenvalue weighted by Gasteiger charge is 2.33. The molecule has 0 spiro atoms. The molecule has 0 saturated carbocycles. The fraction of sp³-hybridized carbons (Fsp3) is 0.0714. The SMILES string of the molecule is CSc1cccc(N2C(=O)/C(=C\c3ccc(OCc4cccc5ccccc45)cc3)SC2=S)c1. The number of ether oxygens (including phenoxy) is 1. The van der Waals surface area contributed by atoms with Crippen molar-refractivity contribution in [2.45, 2.75) is 11.5 Å². The molecule has 0 radical (unpaired) electrons. The second-order valence-electron chi connectivity index (χ2n) is 7.71. The van der Waals surface area contributed by atoms with Crippen LogP contribution in [0.4, 0.5) is 5.69 Å². The highest BCUT2D eigenvalue weighted by Crippen LogP contribution is 2.37. The second kappa shape index (κ2) is 10.1. The van der Waals surface area contributed by atoms with Gasteiger partial charge in [-0.2, -0.15) is 0 Å². The Morgan fingerprint density at radius 2 is 1.74 bits per heavy atom. The topological polar surface area (TPSA) is 29.5 Å². The number of benzene rings is 4.